The van der Waals surface area contributed by atoms with E-state index in [1.807, 2.05) is 18.7 Å². The summed E-state index contributed by atoms with van der Waals surface area (Å²) in [5.74, 6) is 1.60. The quantitative estimate of drug-likeness (QED) is 0.832. The number of carbonyl (C=O) groups is 1. The summed E-state index contributed by atoms with van der Waals surface area (Å²) in [4.78, 5) is 14.7. The molecule has 3 rings (SSSR count). The van der Waals surface area contributed by atoms with Crippen LogP contribution in [-0.2, 0) is 4.74 Å². The van der Waals surface area contributed by atoms with Crippen LogP contribution in [0, 0.1) is 0 Å². The molecule has 0 aromatic heterocycles. The van der Waals surface area contributed by atoms with Crippen molar-refractivity contribution in [3.8, 4) is 17.2 Å². The fourth-order valence-corrected chi connectivity index (χ4v) is 2.75. The lowest BCUT2D eigenvalue weighted by atomic mass is 10.1. The van der Waals surface area contributed by atoms with Gasteiger partial charge in [0.15, 0.2) is 11.5 Å². The molecule has 1 aromatic carbocycles. The van der Waals surface area contributed by atoms with Crippen molar-refractivity contribution >= 4 is 5.91 Å². The van der Waals surface area contributed by atoms with Crippen molar-refractivity contribution < 1.29 is 23.7 Å². The Morgan fingerprint density at radius 2 is 2.05 bits per heavy atom. The molecule has 6 heteroatoms. The first kappa shape index (κ1) is 15.0. The Labute approximate surface area is 129 Å². The van der Waals surface area contributed by atoms with E-state index in [0.29, 0.717) is 49.2 Å². The van der Waals surface area contributed by atoms with E-state index >= 15 is 0 Å². The zero-order valence-electron chi connectivity index (χ0n) is 13.1. The van der Waals surface area contributed by atoms with Gasteiger partial charge in [-0.05, 0) is 26.0 Å². The van der Waals surface area contributed by atoms with Gasteiger partial charge in [0, 0.05) is 12.1 Å². The van der Waals surface area contributed by atoms with Crippen LogP contribution in [0.1, 0.15) is 24.2 Å². The summed E-state index contributed by atoms with van der Waals surface area (Å²) < 4.78 is 22.1. The van der Waals surface area contributed by atoms with Gasteiger partial charge in [-0.2, -0.15) is 0 Å². The molecule has 0 unspecified atom stereocenters. The third-order valence-corrected chi connectivity index (χ3v) is 3.94. The third kappa shape index (κ3) is 2.70. The van der Waals surface area contributed by atoms with Gasteiger partial charge in [0.25, 0.3) is 5.91 Å². The lowest BCUT2D eigenvalue weighted by Crippen LogP contribution is -2.50. The second-order valence-corrected chi connectivity index (χ2v) is 5.65. The molecule has 1 amide bonds. The van der Waals surface area contributed by atoms with Gasteiger partial charge in [-0.3, -0.25) is 4.79 Å². The highest BCUT2D eigenvalue weighted by Crippen LogP contribution is 2.40. The number of hydrogen-bond acceptors (Lipinski definition) is 5. The number of nitrogens with zero attached hydrogens (tertiary/aromatic N) is 1. The summed E-state index contributed by atoms with van der Waals surface area (Å²) in [7, 11) is 1.56. The summed E-state index contributed by atoms with van der Waals surface area (Å²) >= 11 is 0. The van der Waals surface area contributed by atoms with Gasteiger partial charge in [-0.15, -0.1) is 0 Å². The first-order valence-corrected chi connectivity index (χ1v) is 7.50. The minimum absolute atomic E-state index is 0.0410. The first-order valence-electron chi connectivity index (χ1n) is 7.50. The molecule has 1 saturated heterocycles. The molecular formula is C16H21NO5. The normalized spacial score (nSPS) is 24.0. The molecule has 1 aromatic rings. The van der Waals surface area contributed by atoms with Crippen LogP contribution in [0.2, 0.25) is 0 Å². The minimum atomic E-state index is -0.0436. The molecular weight excluding hydrogens is 286 g/mol. The third-order valence-electron chi connectivity index (χ3n) is 3.94. The van der Waals surface area contributed by atoms with Crippen molar-refractivity contribution in [2.75, 3.05) is 33.5 Å². The predicted octanol–water partition coefficient (Wildman–Crippen LogP) is 1.72. The van der Waals surface area contributed by atoms with E-state index in [1.165, 1.54) is 0 Å². The Kier molecular flexibility index (Phi) is 4.11. The molecule has 0 bridgehead atoms. The number of carbonyl (C=O) groups excluding carboxylic acids is 1. The molecule has 0 radical (unpaired) electrons. The van der Waals surface area contributed by atoms with Crippen LogP contribution in [-0.4, -0.2) is 56.4 Å². The van der Waals surface area contributed by atoms with Crippen LogP contribution < -0.4 is 14.2 Å². The highest BCUT2D eigenvalue weighted by molar-refractivity contribution is 5.96. The van der Waals surface area contributed by atoms with Crippen LogP contribution in [0.15, 0.2) is 12.1 Å². The van der Waals surface area contributed by atoms with Gasteiger partial charge in [0.1, 0.15) is 13.2 Å². The van der Waals surface area contributed by atoms with E-state index in [4.69, 9.17) is 18.9 Å². The Morgan fingerprint density at radius 1 is 1.27 bits per heavy atom. The molecule has 0 spiro atoms. The molecule has 2 heterocycles. The van der Waals surface area contributed by atoms with Crippen molar-refractivity contribution in [1.82, 2.24) is 4.90 Å². The molecule has 2 atom stereocenters. The second kappa shape index (κ2) is 6.04. The van der Waals surface area contributed by atoms with Crippen molar-refractivity contribution in [3.63, 3.8) is 0 Å². The van der Waals surface area contributed by atoms with Crippen LogP contribution in [0.25, 0.3) is 0 Å². The molecule has 0 saturated carbocycles. The van der Waals surface area contributed by atoms with Gasteiger partial charge in [0.05, 0.1) is 25.9 Å². The number of benzene rings is 1. The Morgan fingerprint density at radius 3 is 2.82 bits per heavy atom. The zero-order chi connectivity index (χ0) is 15.7. The molecule has 2 aliphatic heterocycles. The molecule has 1 fully saturated rings. The molecule has 6 nitrogen and oxygen atoms in total. The SMILES string of the molecule is COc1cc(C(=O)N2C[C@@H](C)OC[C@H]2C)cc2c1OCCO2. The number of hydrogen-bond donors (Lipinski definition) is 0. The molecule has 0 N–H and O–H groups in total. The Hall–Kier alpha value is -1.95. The molecule has 120 valence electrons. The average Bonchev–Trinajstić information content (AvgIpc) is 2.55. The first-order chi connectivity index (χ1) is 10.6. The summed E-state index contributed by atoms with van der Waals surface area (Å²) in [5.41, 5.74) is 0.544. The van der Waals surface area contributed by atoms with Crippen molar-refractivity contribution in [1.29, 1.82) is 0 Å². The van der Waals surface area contributed by atoms with Crippen LogP contribution in [0.5, 0.6) is 17.2 Å². The van der Waals surface area contributed by atoms with Crippen molar-refractivity contribution in [2.45, 2.75) is 26.0 Å². The van der Waals surface area contributed by atoms with Crippen LogP contribution in [0.4, 0.5) is 0 Å². The van der Waals surface area contributed by atoms with Gasteiger partial charge >= 0.3 is 0 Å². The largest absolute Gasteiger partial charge is 0.493 e. The fourth-order valence-electron chi connectivity index (χ4n) is 2.75. The maximum atomic E-state index is 12.8. The Balaban J connectivity index is 1.92. The van der Waals surface area contributed by atoms with E-state index in [0.717, 1.165) is 0 Å². The summed E-state index contributed by atoms with van der Waals surface area (Å²) in [6.07, 6.45) is 0.0410. The van der Waals surface area contributed by atoms with Gasteiger partial charge < -0.3 is 23.8 Å². The lowest BCUT2D eigenvalue weighted by molar-refractivity contribution is -0.0387. The standard InChI is InChI=1S/C16H21NO5/c1-10-9-22-11(2)8-17(10)16(18)12-6-13(19-3)15-14(7-12)20-4-5-21-15/h6-7,10-11H,4-5,8-9H2,1-3H3/t10-,11-/m1/s1. The molecule has 2 aliphatic rings. The number of fused-ring (bicyclic) bond motifs is 1. The smallest absolute Gasteiger partial charge is 0.254 e. The second-order valence-electron chi connectivity index (χ2n) is 5.65. The molecule has 0 aliphatic carbocycles. The maximum absolute atomic E-state index is 12.8. The van der Waals surface area contributed by atoms with Gasteiger partial charge in [-0.25, -0.2) is 0 Å². The van der Waals surface area contributed by atoms with Gasteiger partial charge in [0.2, 0.25) is 5.75 Å². The number of methoxy groups -OCH3 is 1. The van der Waals surface area contributed by atoms with E-state index in [2.05, 4.69) is 0 Å². The Bertz CT molecular complexity index is 557. The summed E-state index contributed by atoms with van der Waals surface area (Å²) in [5, 5.41) is 0. The van der Waals surface area contributed by atoms with Gasteiger partial charge in [-0.1, -0.05) is 0 Å². The number of amides is 1. The van der Waals surface area contributed by atoms with E-state index in [-0.39, 0.29) is 18.1 Å². The zero-order valence-corrected chi connectivity index (χ0v) is 13.1. The van der Waals surface area contributed by atoms with Crippen molar-refractivity contribution in [2.24, 2.45) is 0 Å². The highest BCUT2D eigenvalue weighted by Gasteiger charge is 2.30. The maximum Gasteiger partial charge on any atom is 0.254 e. The topological polar surface area (TPSA) is 57.2 Å². The minimum Gasteiger partial charge on any atom is -0.493 e. The van der Waals surface area contributed by atoms with E-state index in [1.54, 1.807) is 19.2 Å². The van der Waals surface area contributed by atoms with Crippen LogP contribution in [0.3, 0.4) is 0 Å². The number of rotatable bonds is 2. The summed E-state index contributed by atoms with van der Waals surface area (Å²) in [6, 6.07) is 3.48. The number of morpholine rings is 1. The van der Waals surface area contributed by atoms with Crippen LogP contribution >= 0.6 is 0 Å². The number of ether oxygens (including phenoxy) is 4. The predicted molar refractivity (Wildman–Crippen MR) is 79.9 cm³/mol. The fraction of sp³-hybridized carbons (Fsp3) is 0.562. The monoisotopic (exact) mass is 307 g/mol. The highest BCUT2D eigenvalue weighted by atomic mass is 16.6. The lowest BCUT2D eigenvalue weighted by Gasteiger charge is -2.37. The van der Waals surface area contributed by atoms with E-state index < -0.39 is 0 Å². The molecule has 22 heavy (non-hydrogen) atoms. The van der Waals surface area contributed by atoms with E-state index in [9.17, 15) is 4.79 Å². The van der Waals surface area contributed by atoms with Crippen molar-refractivity contribution in [3.05, 3.63) is 17.7 Å². The average molecular weight is 307 g/mol. The summed E-state index contributed by atoms with van der Waals surface area (Å²) in [6.45, 7) is 6.04.